The molecule has 110 valence electrons. The van der Waals surface area contributed by atoms with Crippen LogP contribution in [-0.4, -0.2) is 24.1 Å². The lowest BCUT2D eigenvalue weighted by atomic mass is 10.4. The van der Waals surface area contributed by atoms with Gasteiger partial charge in [-0.15, -0.1) is 0 Å². The monoisotopic (exact) mass is 432 g/mol. The van der Waals surface area contributed by atoms with Gasteiger partial charge in [0.05, 0.1) is 0 Å². The van der Waals surface area contributed by atoms with Crippen LogP contribution in [0.4, 0.5) is 17.6 Å². The summed E-state index contributed by atoms with van der Waals surface area (Å²) < 4.78 is 49.3. The molecule has 18 heavy (non-hydrogen) atoms. The van der Waals surface area contributed by atoms with Crippen LogP contribution in [0.5, 0.6) is 0 Å². The van der Waals surface area contributed by atoms with Gasteiger partial charge in [0.1, 0.15) is 0 Å². The Balaban J connectivity index is 5.33. The molecule has 0 saturated heterocycles. The molecule has 3 unspecified atom stereocenters. The molecule has 0 bridgehead atoms. The van der Waals surface area contributed by atoms with Crippen molar-refractivity contribution in [1.82, 2.24) is 0 Å². The molecular weight excluding hydrogens is 436 g/mol. The van der Waals surface area contributed by atoms with Crippen LogP contribution >= 0.6 is 92.8 Å². The first-order valence-corrected chi connectivity index (χ1v) is 6.45. The summed E-state index contributed by atoms with van der Waals surface area (Å²) in [6, 6.07) is 0. The van der Waals surface area contributed by atoms with Crippen molar-refractivity contribution in [2.45, 2.75) is 24.1 Å². The molecule has 0 radical (unpaired) electrons. The van der Waals surface area contributed by atoms with Crippen molar-refractivity contribution in [3.8, 4) is 0 Å². The molecule has 0 amide bonds. The average molecular weight is 436 g/mol. The minimum Gasteiger partial charge on any atom is -0.275 e. The molecule has 0 aromatic carbocycles. The minimum absolute atomic E-state index is 3.23. The van der Waals surface area contributed by atoms with E-state index in [4.69, 9.17) is 58.0 Å². The summed E-state index contributed by atoms with van der Waals surface area (Å²) in [5, 5.41) is -12.9. The third-order valence-electron chi connectivity index (χ3n) is 1.31. The maximum absolute atomic E-state index is 13.6. The van der Waals surface area contributed by atoms with Crippen molar-refractivity contribution in [3.05, 3.63) is 0 Å². The Morgan fingerprint density at radius 3 is 1.17 bits per heavy atom. The van der Waals surface area contributed by atoms with Crippen LogP contribution in [0.25, 0.3) is 0 Å². The Morgan fingerprint density at radius 1 is 0.611 bits per heavy atom. The van der Waals surface area contributed by atoms with Crippen LogP contribution in [0, 0.1) is 0 Å². The molecule has 0 aliphatic rings. The first kappa shape index (κ1) is 20.0. The van der Waals surface area contributed by atoms with Crippen molar-refractivity contribution in [2.75, 3.05) is 0 Å². The third kappa shape index (κ3) is 4.25. The van der Waals surface area contributed by atoms with Gasteiger partial charge in [-0.05, 0) is 23.2 Å². The molecule has 3 atom stereocenters. The van der Waals surface area contributed by atoms with Gasteiger partial charge in [0, 0.05) is 0 Å². The number of hydrogen-bond donors (Lipinski definition) is 0. The molecule has 0 spiro atoms. The van der Waals surface area contributed by atoms with E-state index in [1.54, 1.807) is 0 Å². The van der Waals surface area contributed by atoms with E-state index in [0.29, 0.717) is 0 Å². The number of alkyl halides is 12. The third-order valence-corrected chi connectivity index (χ3v) is 4.36. The summed E-state index contributed by atoms with van der Waals surface area (Å²) in [6.07, 6.45) is 0. The van der Waals surface area contributed by atoms with Crippen molar-refractivity contribution >= 4 is 92.8 Å². The highest BCUT2D eigenvalue weighted by Gasteiger charge is 2.70. The zero-order chi connectivity index (χ0) is 15.2. The fourth-order valence-corrected chi connectivity index (χ4v) is 1.47. The maximum atomic E-state index is 13.6. The summed E-state index contributed by atoms with van der Waals surface area (Å²) in [6.45, 7) is 0. The van der Waals surface area contributed by atoms with Gasteiger partial charge in [-0.25, -0.2) is 4.39 Å². The van der Waals surface area contributed by atoms with E-state index in [9.17, 15) is 17.6 Å². The van der Waals surface area contributed by atoms with Gasteiger partial charge in [-0.3, -0.25) is 4.74 Å². The first-order valence-electron chi connectivity index (χ1n) is 3.43. The lowest BCUT2D eigenvalue weighted by Crippen LogP contribution is -2.55. The normalized spacial score (nSPS) is 24.0. The largest absolute Gasteiger partial charge is 0.353 e. The number of ether oxygens (including phenoxy) is 1. The zero-order valence-corrected chi connectivity index (χ0v) is 13.5. The topological polar surface area (TPSA) is 9.23 Å². The standard InChI is InChI=1S/C5Cl8F4O/c6-1(14,2(7,8)9)4(12,16)18-5(13,17)3(10,11)15. The molecule has 0 heterocycles. The lowest BCUT2D eigenvalue weighted by molar-refractivity contribution is -0.242. The van der Waals surface area contributed by atoms with Crippen LogP contribution in [0.3, 0.4) is 0 Å². The molecule has 1 nitrogen and oxygen atoms in total. The second kappa shape index (κ2) is 5.65. The quantitative estimate of drug-likeness (QED) is 0.383. The predicted molar refractivity (Wildman–Crippen MR) is 66.0 cm³/mol. The fourth-order valence-electron chi connectivity index (χ4n) is 0.448. The SMILES string of the molecule is FC(Cl)(Cl)C(F)(Cl)OC(F)(Cl)C(F)(Cl)C(Cl)(Cl)Cl. The molecule has 0 aromatic rings. The summed E-state index contributed by atoms with van der Waals surface area (Å²) in [4.78, 5) is 0. The average Bonchev–Trinajstić information content (AvgIpc) is 1.96. The van der Waals surface area contributed by atoms with Crippen LogP contribution in [0.2, 0.25) is 0 Å². The van der Waals surface area contributed by atoms with Gasteiger partial charge >= 0.3 is 20.3 Å². The first-order chi connectivity index (χ1) is 7.46. The number of hydrogen-bond acceptors (Lipinski definition) is 1. The Bertz CT molecular complexity index is 308. The van der Waals surface area contributed by atoms with Gasteiger partial charge in [0.25, 0.3) is 0 Å². The van der Waals surface area contributed by atoms with Gasteiger partial charge < -0.3 is 0 Å². The highest BCUT2D eigenvalue weighted by Crippen LogP contribution is 2.57. The molecule has 0 aliphatic carbocycles. The van der Waals surface area contributed by atoms with Gasteiger partial charge in [0.2, 0.25) is 3.79 Å². The molecule has 0 N–H and O–H groups in total. The molecule has 13 heteroatoms. The van der Waals surface area contributed by atoms with E-state index in [-0.39, 0.29) is 0 Å². The van der Waals surface area contributed by atoms with E-state index >= 15 is 0 Å². The smallest absolute Gasteiger partial charge is 0.275 e. The van der Waals surface area contributed by atoms with Gasteiger partial charge in [-0.2, -0.15) is 13.2 Å². The Kier molecular flexibility index (Phi) is 6.28. The fraction of sp³-hybridized carbons (Fsp3) is 1.00. The predicted octanol–water partition coefficient (Wildman–Crippen LogP) is 6.10. The molecular formula is C5Cl8F4O. The second-order valence-electron chi connectivity index (χ2n) is 2.71. The number of rotatable bonds is 4. The van der Waals surface area contributed by atoms with E-state index < -0.39 is 24.1 Å². The van der Waals surface area contributed by atoms with Crippen LogP contribution < -0.4 is 0 Å². The summed E-state index contributed by atoms with van der Waals surface area (Å²) in [7, 11) is 0. The summed E-state index contributed by atoms with van der Waals surface area (Å²) in [5.41, 5.74) is 0. The second-order valence-corrected chi connectivity index (χ2v) is 7.71. The van der Waals surface area contributed by atoms with Crippen molar-refractivity contribution in [2.24, 2.45) is 0 Å². The minimum atomic E-state index is -4.42. The van der Waals surface area contributed by atoms with E-state index in [1.165, 1.54) is 0 Å². The van der Waals surface area contributed by atoms with Crippen molar-refractivity contribution < 1.29 is 22.3 Å². The zero-order valence-electron chi connectivity index (χ0n) is 7.44. The van der Waals surface area contributed by atoms with E-state index in [2.05, 4.69) is 39.5 Å². The summed E-state index contributed by atoms with van der Waals surface area (Å²) in [5.74, 6) is 0. The molecule has 0 saturated carbocycles. The van der Waals surface area contributed by atoms with E-state index in [1.807, 2.05) is 0 Å². The molecule has 0 fully saturated rings. The molecule has 0 rings (SSSR count). The number of halogens is 12. The Hall–Kier alpha value is 2.00. The maximum Gasteiger partial charge on any atom is 0.353 e. The van der Waals surface area contributed by atoms with Crippen LogP contribution in [0.1, 0.15) is 0 Å². The van der Waals surface area contributed by atoms with Crippen LogP contribution in [-0.2, 0) is 4.74 Å². The summed E-state index contributed by atoms with van der Waals surface area (Å²) >= 11 is 38.2. The Morgan fingerprint density at radius 2 is 0.944 bits per heavy atom. The van der Waals surface area contributed by atoms with Crippen LogP contribution in [0.15, 0.2) is 0 Å². The molecule has 0 aromatic heterocycles. The van der Waals surface area contributed by atoms with Gasteiger partial charge in [-0.1, -0.05) is 69.6 Å². The van der Waals surface area contributed by atoms with Crippen molar-refractivity contribution in [3.63, 3.8) is 0 Å². The molecule has 0 aliphatic heterocycles. The highest BCUT2D eigenvalue weighted by atomic mass is 35.6. The van der Waals surface area contributed by atoms with E-state index in [0.717, 1.165) is 0 Å². The van der Waals surface area contributed by atoms with Crippen molar-refractivity contribution in [1.29, 1.82) is 0 Å². The Labute approximate surface area is 138 Å². The highest BCUT2D eigenvalue weighted by molar-refractivity contribution is 6.71. The lowest BCUT2D eigenvalue weighted by Gasteiger charge is -2.37. The van der Waals surface area contributed by atoms with Gasteiger partial charge in [0.15, 0.2) is 0 Å².